The molecule has 1 heterocycles. The van der Waals surface area contributed by atoms with Gasteiger partial charge in [-0.3, -0.25) is 9.59 Å². The lowest BCUT2D eigenvalue weighted by Crippen LogP contribution is -2.52. The summed E-state index contributed by atoms with van der Waals surface area (Å²) in [4.78, 5) is 40.5. The summed E-state index contributed by atoms with van der Waals surface area (Å²) >= 11 is 6.02. The number of esters is 1. The Balaban J connectivity index is 2.19. The van der Waals surface area contributed by atoms with E-state index in [4.69, 9.17) is 25.8 Å². The van der Waals surface area contributed by atoms with E-state index in [-0.39, 0.29) is 41.7 Å². The number of aldehydes is 1. The summed E-state index contributed by atoms with van der Waals surface area (Å²) in [6.45, 7) is 8.77. The maximum Gasteiger partial charge on any atom is 0.308 e. The van der Waals surface area contributed by atoms with Crippen molar-refractivity contribution in [1.29, 1.82) is 0 Å². The summed E-state index contributed by atoms with van der Waals surface area (Å²) in [5.41, 5.74) is -0.474. The number of amides is 1. The summed E-state index contributed by atoms with van der Waals surface area (Å²) < 4.78 is 16.4. The van der Waals surface area contributed by atoms with Crippen LogP contribution in [-0.4, -0.2) is 48.5 Å². The van der Waals surface area contributed by atoms with Crippen LogP contribution >= 0.6 is 11.6 Å². The van der Waals surface area contributed by atoms with Gasteiger partial charge in [-0.15, -0.1) is 0 Å². The molecule has 0 saturated carbocycles. The SMILES string of the molecule is COc1ccnc(C(=O)N[C@](C)(C=O)CO[C@@H](C)[C@H](c2ccc(Cl)cc2)C(C)C)c1OC(C)=O. The van der Waals surface area contributed by atoms with Gasteiger partial charge in [-0.2, -0.15) is 0 Å². The molecule has 3 atom stereocenters. The lowest BCUT2D eigenvalue weighted by molar-refractivity contribution is -0.132. The highest BCUT2D eigenvalue weighted by Crippen LogP contribution is 2.32. The molecule has 184 valence electrons. The molecule has 2 aromatic rings. The van der Waals surface area contributed by atoms with Crippen LogP contribution in [0.1, 0.15) is 56.6 Å². The minimum Gasteiger partial charge on any atom is -0.493 e. The topological polar surface area (TPSA) is 104 Å². The molecule has 0 aliphatic carbocycles. The second kappa shape index (κ2) is 11.9. The zero-order chi connectivity index (χ0) is 25.5. The molecule has 1 aromatic carbocycles. The lowest BCUT2D eigenvalue weighted by atomic mass is 9.84. The number of hydrogen-bond donors (Lipinski definition) is 1. The van der Waals surface area contributed by atoms with Crippen LogP contribution in [0.15, 0.2) is 36.5 Å². The van der Waals surface area contributed by atoms with E-state index in [1.54, 1.807) is 6.92 Å². The van der Waals surface area contributed by atoms with Crippen molar-refractivity contribution in [1.82, 2.24) is 10.3 Å². The van der Waals surface area contributed by atoms with Crippen LogP contribution in [0.5, 0.6) is 11.5 Å². The molecule has 1 amide bonds. The van der Waals surface area contributed by atoms with E-state index >= 15 is 0 Å². The van der Waals surface area contributed by atoms with E-state index in [1.165, 1.54) is 26.3 Å². The van der Waals surface area contributed by atoms with Crippen LogP contribution in [0, 0.1) is 5.92 Å². The number of hydrogen-bond acceptors (Lipinski definition) is 7. The molecule has 1 N–H and O–H groups in total. The average Bonchev–Trinajstić information content (AvgIpc) is 2.78. The van der Waals surface area contributed by atoms with Gasteiger partial charge in [-0.1, -0.05) is 37.6 Å². The Morgan fingerprint density at radius 2 is 1.82 bits per heavy atom. The van der Waals surface area contributed by atoms with Crippen molar-refractivity contribution in [3.8, 4) is 11.5 Å². The van der Waals surface area contributed by atoms with Crippen LogP contribution < -0.4 is 14.8 Å². The molecule has 1 aromatic heterocycles. The Kier molecular flexibility index (Phi) is 9.58. The Morgan fingerprint density at radius 1 is 1.18 bits per heavy atom. The predicted octanol–water partition coefficient (Wildman–Crippen LogP) is 4.20. The summed E-state index contributed by atoms with van der Waals surface area (Å²) in [6.07, 6.45) is 1.69. The van der Waals surface area contributed by atoms with E-state index < -0.39 is 17.4 Å². The molecule has 0 spiro atoms. The first kappa shape index (κ1) is 27.3. The van der Waals surface area contributed by atoms with Gasteiger partial charge >= 0.3 is 5.97 Å². The number of nitrogens with one attached hydrogen (secondary N) is 1. The van der Waals surface area contributed by atoms with Crippen LogP contribution in [0.25, 0.3) is 0 Å². The number of benzene rings is 1. The molecule has 0 aliphatic rings. The number of aromatic nitrogens is 1. The molecule has 0 aliphatic heterocycles. The van der Waals surface area contributed by atoms with E-state index in [9.17, 15) is 14.4 Å². The molecule has 0 unspecified atom stereocenters. The van der Waals surface area contributed by atoms with Crippen molar-refractivity contribution in [2.45, 2.75) is 52.2 Å². The zero-order valence-electron chi connectivity index (χ0n) is 20.3. The highest BCUT2D eigenvalue weighted by atomic mass is 35.5. The second-order valence-corrected chi connectivity index (χ2v) is 9.05. The maximum atomic E-state index is 13.0. The zero-order valence-corrected chi connectivity index (χ0v) is 21.0. The Hall–Kier alpha value is -2.97. The van der Waals surface area contributed by atoms with E-state index in [1.807, 2.05) is 31.2 Å². The number of methoxy groups -OCH3 is 1. The Bertz CT molecular complexity index is 1010. The smallest absolute Gasteiger partial charge is 0.308 e. The van der Waals surface area contributed by atoms with Gasteiger partial charge < -0.3 is 24.3 Å². The average molecular weight is 491 g/mol. The van der Waals surface area contributed by atoms with Crippen molar-refractivity contribution in [3.63, 3.8) is 0 Å². The van der Waals surface area contributed by atoms with E-state index in [0.29, 0.717) is 11.3 Å². The lowest BCUT2D eigenvalue weighted by Gasteiger charge is -2.32. The second-order valence-electron chi connectivity index (χ2n) is 8.61. The Labute approximate surface area is 204 Å². The number of nitrogens with zero attached hydrogens (tertiary/aromatic N) is 1. The molecular formula is C25H31ClN2O6. The molecule has 9 heteroatoms. The van der Waals surface area contributed by atoms with Crippen molar-refractivity contribution in [3.05, 3.63) is 52.8 Å². The largest absolute Gasteiger partial charge is 0.493 e. The summed E-state index contributed by atoms with van der Waals surface area (Å²) in [6, 6.07) is 9.03. The van der Waals surface area contributed by atoms with E-state index in [2.05, 4.69) is 24.1 Å². The molecule has 0 saturated heterocycles. The number of pyridine rings is 1. The number of carbonyl (C=O) groups excluding carboxylic acids is 3. The van der Waals surface area contributed by atoms with Crippen LogP contribution in [0.3, 0.4) is 0 Å². The van der Waals surface area contributed by atoms with Crippen LogP contribution in [0.2, 0.25) is 5.02 Å². The first-order chi connectivity index (χ1) is 16.0. The maximum absolute atomic E-state index is 13.0. The summed E-state index contributed by atoms with van der Waals surface area (Å²) in [5, 5.41) is 3.28. The van der Waals surface area contributed by atoms with Gasteiger partial charge in [0.05, 0.1) is 19.8 Å². The third-order valence-electron chi connectivity index (χ3n) is 5.33. The van der Waals surface area contributed by atoms with Gasteiger partial charge in [0.25, 0.3) is 5.91 Å². The van der Waals surface area contributed by atoms with Crippen molar-refractivity contribution < 1.29 is 28.6 Å². The van der Waals surface area contributed by atoms with Gasteiger partial charge in [0.15, 0.2) is 11.4 Å². The molecular weight excluding hydrogens is 460 g/mol. The van der Waals surface area contributed by atoms with Gasteiger partial charge in [0.1, 0.15) is 11.8 Å². The van der Waals surface area contributed by atoms with Crippen LogP contribution in [-0.2, 0) is 14.3 Å². The van der Waals surface area contributed by atoms with Crippen molar-refractivity contribution in [2.75, 3.05) is 13.7 Å². The van der Waals surface area contributed by atoms with E-state index in [0.717, 1.165) is 5.56 Å². The third kappa shape index (κ3) is 7.01. The van der Waals surface area contributed by atoms with Crippen molar-refractivity contribution >= 4 is 29.8 Å². The first-order valence-corrected chi connectivity index (χ1v) is 11.3. The fraction of sp³-hybridized carbons (Fsp3) is 0.440. The minimum absolute atomic E-state index is 0.0412. The number of carbonyl (C=O) groups is 3. The fourth-order valence-corrected chi connectivity index (χ4v) is 3.83. The highest BCUT2D eigenvalue weighted by Gasteiger charge is 2.32. The molecule has 8 nitrogen and oxygen atoms in total. The third-order valence-corrected chi connectivity index (χ3v) is 5.59. The molecule has 0 radical (unpaired) electrons. The Morgan fingerprint density at radius 3 is 2.35 bits per heavy atom. The van der Waals surface area contributed by atoms with Crippen molar-refractivity contribution in [2.24, 2.45) is 5.92 Å². The number of ether oxygens (including phenoxy) is 3. The standard InChI is InChI=1S/C25H31ClN2O6/c1-15(2)21(18-7-9-19(26)10-8-18)16(3)33-14-25(5,13-29)28-24(31)22-23(34-17(4)30)20(32-6)11-12-27-22/h7-13,15-16,21H,14H2,1-6H3,(H,28,31)/t16-,21+,25+/m0/s1. The molecule has 0 bridgehead atoms. The van der Waals surface area contributed by atoms with Gasteiger partial charge in [-0.05, 0) is 37.5 Å². The molecule has 0 fully saturated rings. The normalized spacial score (nSPS) is 14.6. The van der Waals surface area contributed by atoms with Crippen LogP contribution in [0.4, 0.5) is 0 Å². The molecule has 34 heavy (non-hydrogen) atoms. The summed E-state index contributed by atoms with van der Waals surface area (Å²) in [5.74, 6) is -1.02. The quantitative estimate of drug-likeness (QED) is 0.372. The highest BCUT2D eigenvalue weighted by molar-refractivity contribution is 6.30. The van der Waals surface area contributed by atoms with Gasteiger partial charge in [0.2, 0.25) is 5.75 Å². The predicted molar refractivity (Wildman–Crippen MR) is 128 cm³/mol. The number of halogens is 1. The molecule has 2 rings (SSSR count). The van der Waals surface area contributed by atoms with Gasteiger partial charge in [0, 0.05) is 30.1 Å². The summed E-state index contributed by atoms with van der Waals surface area (Å²) in [7, 11) is 1.38. The first-order valence-electron chi connectivity index (χ1n) is 10.9. The number of rotatable bonds is 11. The van der Waals surface area contributed by atoms with Gasteiger partial charge in [-0.25, -0.2) is 4.98 Å². The monoisotopic (exact) mass is 490 g/mol. The fourth-order valence-electron chi connectivity index (χ4n) is 3.70. The minimum atomic E-state index is -1.36.